The number of carbonyl (C=O) groups excluding carboxylic acids is 2. The molecule has 182 valence electrons. The van der Waals surface area contributed by atoms with Crippen molar-refractivity contribution in [2.45, 2.75) is 12.0 Å². The smallest absolute Gasteiger partial charge is 0.412 e. The average molecular weight is 478 g/mol. The van der Waals surface area contributed by atoms with Crippen LogP contribution in [-0.4, -0.2) is 71.0 Å². The largest absolute Gasteiger partial charge is 0.480 e. The number of fused-ring (bicyclic) bond motifs is 3. The van der Waals surface area contributed by atoms with Gasteiger partial charge >= 0.3 is 12.1 Å². The standard InChI is InChI=1S/C25H27N5O5/c1-29(2)13-20(24(32)33)26-23(31)21-12-22(28-30(21)3)27-25(34)35-14-19-17-10-6-4-8-15(17)16-9-5-7-11-18(16)19/h4-12,19-20H,13-14H2,1-3H3,(H,26,31)(H,32,33)(H,27,28,34). The number of likely N-dealkylation sites (N-methyl/N-ethyl adjacent to an activating group) is 1. The third-order valence-corrected chi connectivity index (χ3v) is 5.84. The summed E-state index contributed by atoms with van der Waals surface area (Å²) < 4.78 is 6.78. The number of rotatable bonds is 8. The quantitative estimate of drug-likeness (QED) is 0.455. The van der Waals surface area contributed by atoms with Crippen molar-refractivity contribution in [3.8, 4) is 11.1 Å². The van der Waals surface area contributed by atoms with Crippen molar-refractivity contribution < 1.29 is 24.2 Å². The SMILES string of the molecule is CN(C)CC(NC(=O)c1cc(NC(=O)OCC2c3ccccc3-c3ccccc32)nn1C)C(=O)O. The fraction of sp³-hybridized carbons (Fsp3) is 0.280. The van der Waals surface area contributed by atoms with E-state index in [4.69, 9.17) is 4.74 Å². The van der Waals surface area contributed by atoms with Crippen LogP contribution in [0.2, 0.25) is 0 Å². The van der Waals surface area contributed by atoms with Crippen molar-refractivity contribution in [3.05, 3.63) is 71.4 Å². The number of nitrogens with one attached hydrogen (secondary N) is 2. The first-order chi connectivity index (χ1) is 16.7. The molecular weight excluding hydrogens is 450 g/mol. The minimum absolute atomic E-state index is 0.0807. The Kier molecular flexibility index (Phi) is 6.83. The van der Waals surface area contributed by atoms with Gasteiger partial charge in [0.25, 0.3) is 5.91 Å². The second-order valence-electron chi connectivity index (χ2n) is 8.62. The number of ether oxygens (including phenoxy) is 1. The number of aromatic nitrogens is 2. The van der Waals surface area contributed by atoms with Crippen LogP contribution in [0.15, 0.2) is 54.6 Å². The third-order valence-electron chi connectivity index (χ3n) is 5.84. The molecule has 1 heterocycles. The van der Waals surface area contributed by atoms with E-state index in [1.165, 1.54) is 17.8 Å². The summed E-state index contributed by atoms with van der Waals surface area (Å²) >= 11 is 0. The molecule has 35 heavy (non-hydrogen) atoms. The normalized spacial score (nSPS) is 13.1. The van der Waals surface area contributed by atoms with Crippen molar-refractivity contribution in [2.24, 2.45) is 7.05 Å². The van der Waals surface area contributed by atoms with E-state index in [0.29, 0.717) is 0 Å². The second-order valence-corrected chi connectivity index (χ2v) is 8.62. The molecule has 10 heteroatoms. The molecule has 0 saturated heterocycles. The average Bonchev–Trinajstić information content (AvgIpc) is 3.34. The van der Waals surface area contributed by atoms with Crippen LogP contribution in [0, 0.1) is 0 Å². The summed E-state index contributed by atoms with van der Waals surface area (Å²) in [6.45, 7) is 0.272. The van der Waals surface area contributed by atoms with Crippen LogP contribution in [0.25, 0.3) is 11.1 Å². The van der Waals surface area contributed by atoms with E-state index < -0.39 is 24.0 Å². The Labute approximate surface area is 202 Å². The predicted octanol–water partition coefficient (Wildman–Crippen LogP) is 2.53. The molecule has 1 atom stereocenters. The minimum Gasteiger partial charge on any atom is -0.480 e. The van der Waals surface area contributed by atoms with E-state index in [-0.39, 0.29) is 30.6 Å². The highest BCUT2D eigenvalue weighted by Gasteiger charge is 2.29. The molecule has 2 aromatic carbocycles. The number of aryl methyl sites for hydroxylation is 1. The van der Waals surface area contributed by atoms with E-state index in [0.717, 1.165) is 22.3 Å². The fourth-order valence-electron chi connectivity index (χ4n) is 4.26. The van der Waals surface area contributed by atoms with Gasteiger partial charge in [-0.25, -0.2) is 9.59 Å². The predicted molar refractivity (Wildman–Crippen MR) is 129 cm³/mol. The highest BCUT2D eigenvalue weighted by atomic mass is 16.5. The summed E-state index contributed by atoms with van der Waals surface area (Å²) in [4.78, 5) is 38.2. The lowest BCUT2D eigenvalue weighted by Crippen LogP contribution is -2.47. The molecule has 1 aromatic heterocycles. The number of carboxylic acids is 1. The van der Waals surface area contributed by atoms with Crippen molar-refractivity contribution >= 4 is 23.8 Å². The van der Waals surface area contributed by atoms with Gasteiger partial charge in [-0.1, -0.05) is 48.5 Å². The van der Waals surface area contributed by atoms with E-state index in [1.807, 2.05) is 36.4 Å². The molecule has 1 aliphatic carbocycles. The highest BCUT2D eigenvalue weighted by Crippen LogP contribution is 2.44. The Morgan fingerprint density at radius 2 is 1.69 bits per heavy atom. The Hall–Kier alpha value is -4.18. The molecule has 1 unspecified atom stereocenters. The monoisotopic (exact) mass is 477 g/mol. The Morgan fingerprint density at radius 1 is 1.09 bits per heavy atom. The molecule has 0 saturated carbocycles. The van der Waals surface area contributed by atoms with Gasteiger partial charge in [0.05, 0.1) is 0 Å². The van der Waals surface area contributed by atoms with Crippen LogP contribution in [-0.2, 0) is 16.6 Å². The van der Waals surface area contributed by atoms with Crippen molar-refractivity contribution in [1.29, 1.82) is 0 Å². The van der Waals surface area contributed by atoms with Crippen LogP contribution in [0.4, 0.5) is 10.6 Å². The van der Waals surface area contributed by atoms with Gasteiger partial charge in [0.1, 0.15) is 18.3 Å². The fourth-order valence-corrected chi connectivity index (χ4v) is 4.26. The van der Waals surface area contributed by atoms with E-state index >= 15 is 0 Å². The van der Waals surface area contributed by atoms with Crippen LogP contribution in [0.3, 0.4) is 0 Å². The topological polar surface area (TPSA) is 126 Å². The molecule has 10 nitrogen and oxygen atoms in total. The van der Waals surface area contributed by atoms with Gasteiger partial charge in [-0.3, -0.25) is 14.8 Å². The minimum atomic E-state index is -1.15. The first kappa shape index (κ1) is 24.0. The van der Waals surface area contributed by atoms with Crippen LogP contribution in [0.5, 0.6) is 0 Å². The van der Waals surface area contributed by atoms with Crippen LogP contribution in [0.1, 0.15) is 27.5 Å². The summed E-state index contributed by atoms with van der Waals surface area (Å²) in [6.07, 6.45) is -0.701. The summed E-state index contributed by atoms with van der Waals surface area (Å²) in [5, 5.41) is 18.5. The molecule has 2 amide bonds. The maximum atomic E-state index is 12.6. The van der Waals surface area contributed by atoms with Gasteiger partial charge in [-0.15, -0.1) is 0 Å². The van der Waals surface area contributed by atoms with Gasteiger partial charge in [0.2, 0.25) is 0 Å². The number of nitrogens with zero attached hydrogens (tertiary/aromatic N) is 3. The number of carbonyl (C=O) groups is 3. The number of hydrogen-bond donors (Lipinski definition) is 3. The third kappa shape index (κ3) is 5.17. The number of aliphatic carboxylic acids is 1. The zero-order valence-corrected chi connectivity index (χ0v) is 19.7. The number of amides is 2. The van der Waals surface area contributed by atoms with Crippen molar-refractivity contribution in [1.82, 2.24) is 20.0 Å². The molecule has 3 N–H and O–H groups in total. The number of carboxylic acid groups (broad SMARTS) is 1. The first-order valence-electron chi connectivity index (χ1n) is 11.1. The zero-order valence-electron chi connectivity index (χ0n) is 19.7. The molecule has 3 aromatic rings. The summed E-state index contributed by atoms with van der Waals surface area (Å²) in [5.41, 5.74) is 4.56. The highest BCUT2D eigenvalue weighted by molar-refractivity contribution is 5.96. The molecule has 0 fully saturated rings. The van der Waals surface area contributed by atoms with Gasteiger partial charge in [-0.05, 0) is 36.3 Å². The van der Waals surface area contributed by atoms with Crippen LogP contribution >= 0.6 is 0 Å². The lowest BCUT2D eigenvalue weighted by atomic mass is 9.98. The van der Waals surface area contributed by atoms with Gasteiger partial charge in [0, 0.05) is 25.6 Å². The first-order valence-corrected chi connectivity index (χ1v) is 11.1. The van der Waals surface area contributed by atoms with Crippen molar-refractivity contribution in [3.63, 3.8) is 0 Å². The van der Waals surface area contributed by atoms with E-state index in [9.17, 15) is 19.5 Å². The lowest BCUT2D eigenvalue weighted by Gasteiger charge is -2.18. The van der Waals surface area contributed by atoms with E-state index in [1.54, 1.807) is 19.0 Å². The summed E-state index contributed by atoms with van der Waals surface area (Å²) in [5.74, 6) is -1.72. The Bertz CT molecular complexity index is 1220. The van der Waals surface area contributed by atoms with Gasteiger partial charge in [-0.2, -0.15) is 5.10 Å². The molecule has 4 rings (SSSR count). The number of anilines is 1. The summed E-state index contributed by atoms with van der Waals surface area (Å²) in [7, 11) is 4.95. The Balaban J connectivity index is 1.40. The maximum absolute atomic E-state index is 12.6. The van der Waals surface area contributed by atoms with Crippen LogP contribution < -0.4 is 10.6 Å². The van der Waals surface area contributed by atoms with Gasteiger partial charge in [0.15, 0.2) is 5.82 Å². The van der Waals surface area contributed by atoms with E-state index in [2.05, 4.69) is 27.9 Å². The molecule has 0 aliphatic heterocycles. The number of benzene rings is 2. The molecular formula is C25H27N5O5. The number of hydrogen-bond acceptors (Lipinski definition) is 6. The summed E-state index contributed by atoms with van der Waals surface area (Å²) in [6, 6.07) is 16.4. The molecule has 0 bridgehead atoms. The van der Waals surface area contributed by atoms with Crippen molar-refractivity contribution in [2.75, 3.05) is 32.6 Å². The second kappa shape index (κ2) is 9.98. The molecule has 0 radical (unpaired) electrons. The van der Waals surface area contributed by atoms with Gasteiger partial charge < -0.3 is 20.1 Å². The lowest BCUT2D eigenvalue weighted by molar-refractivity contribution is -0.139. The molecule has 0 spiro atoms. The molecule has 1 aliphatic rings. The Morgan fingerprint density at radius 3 is 2.26 bits per heavy atom. The zero-order chi connectivity index (χ0) is 25.1. The maximum Gasteiger partial charge on any atom is 0.412 e.